The van der Waals surface area contributed by atoms with E-state index in [0.29, 0.717) is 5.52 Å². The van der Waals surface area contributed by atoms with Crippen LogP contribution in [0.1, 0.15) is 75.5 Å². The Hall–Kier alpha value is -1.68. The van der Waals surface area contributed by atoms with Gasteiger partial charge in [0.2, 0.25) is 11.9 Å². The zero-order chi connectivity index (χ0) is 34.6. The summed E-state index contributed by atoms with van der Waals surface area (Å²) in [5.74, 6) is 2.73. The number of nitrogens with one attached hydrogen (secondary N) is 1. The van der Waals surface area contributed by atoms with Crippen LogP contribution in [0.4, 0.5) is 5.95 Å². The monoisotopic (exact) mass is 709 g/mol. The molecular formula is C31H52ClN5O6Si3. The summed E-state index contributed by atoms with van der Waals surface area (Å²) in [5, 5.41) is 15.7. The number of carbonyl (C=O) groups excluding carboxylic acids is 1. The summed E-state index contributed by atoms with van der Waals surface area (Å²) >= 11 is 6.55. The molecule has 0 radical (unpaired) electrons. The van der Waals surface area contributed by atoms with Crippen molar-refractivity contribution in [3.63, 3.8) is 0 Å². The molecule has 0 aliphatic carbocycles. The third-order valence-electron chi connectivity index (χ3n) is 8.80. The Labute approximate surface area is 282 Å². The summed E-state index contributed by atoms with van der Waals surface area (Å²) in [6.07, 6.45) is -1.13. The lowest BCUT2D eigenvalue weighted by Crippen LogP contribution is -2.67. The molecule has 4 heterocycles. The number of hydrogen-bond donors (Lipinski definition) is 2. The fourth-order valence-corrected chi connectivity index (χ4v) is 18.3. The van der Waals surface area contributed by atoms with Crippen molar-refractivity contribution in [2.45, 2.75) is 135 Å². The Morgan fingerprint density at radius 1 is 1.04 bits per heavy atom. The maximum Gasteiger partial charge on any atom is 0.335 e. The van der Waals surface area contributed by atoms with Gasteiger partial charge < -0.3 is 22.8 Å². The lowest BCUT2D eigenvalue weighted by atomic mass is 9.95. The van der Waals surface area contributed by atoms with Gasteiger partial charge in [-0.3, -0.25) is 14.7 Å². The van der Waals surface area contributed by atoms with E-state index in [2.05, 4.69) is 107 Å². The van der Waals surface area contributed by atoms with Gasteiger partial charge in [-0.2, -0.15) is 9.97 Å². The second kappa shape index (κ2) is 13.3. The van der Waals surface area contributed by atoms with Crippen LogP contribution in [0.25, 0.3) is 11.2 Å². The highest BCUT2D eigenvalue weighted by Gasteiger charge is 2.65. The maximum absolute atomic E-state index is 12.9. The predicted molar refractivity (Wildman–Crippen MR) is 188 cm³/mol. The van der Waals surface area contributed by atoms with Crippen molar-refractivity contribution in [3.8, 4) is 11.5 Å². The summed E-state index contributed by atoms with van der Waals surface area (Å²) < 4.78 is 30.0. The minimum Gasteiger partial charge on any atom is -0.414 e. The van der Waals surface area contributed by atoms with E-state index in [-0.39, 0.29) is 57.3 Å². The molecule has 2 aliphatic heterocycles. The van der Waals surface area contributed by atoms with Crippen LogP contribution < -0.4 is 5.32 Å². The Kier molecular flexibility index (Phi) is 10.8. The molecule has 256 valence electrons. The number of aromatic nitrogens is 4. The molecule has 15 heteroatoms. The number of imidazole rings is 1. The zero-order valence-corrected chi connectivity index (χ0v) is 33.3. The molecule has 0 spiro atoms. The van der Waals surface area contributed by atoms with Crippen molar-refractivity contribution in [2.75, 3.05) is 11.9 Å². The van der Waals surface area contributed by atoms with Crippen LogP contribution in [-0.4, -0.2) is 80.1 Å². The van der Waals surface area contributed by atoms with E-state index in [9.17, 15) is 9.90 Å². The Balaban J connectivity index is 1.95. The van der Waals surface area contributed by atoms with E-state index in [4.69, 9.17) is 29.3 Å². The van der Waals surface area contributed by atoms with Gasteiger partial charge in [0.1, 0.15) is 25.8 Å². The molecule has 0 bridgehead atoms. The molecule has 2 aromatic heterocycles. The van der Waals surface area contributed by atoms with Gasteiger partial charge in [0.25, 0.3) is 0 Å². The van der Waals surface area contributed by atoms with Crippen molar-refractivity contribution in [1.29, 1.82) is 0 Å². The lowest BCUT2D eigenvalue weighted by Gasteiger charge is -2.51. The van der Waals surface area contributed by atoms with Gasteiger partial charge in [-0.25, -0.2) is 4.98 Å². The molecule has 2 N–H and O–H groups in total. The van der Waals surface area contributed by atoms with Crippen LogP contribution in [0.2, 0.25) is 47.0 Å². The fraction of sp³-hybridized carbons (Fsp3) is 0.742. The quantitative estimate of drug-likeness (QED) is 0.187. The fourth-order valence-electron chi connectivity index (χ4n) is 6.24. The number of hydrogen-bond acceptors (Lipinski definition) is 9. The molecule has 1 unspecified atom stereocenters. The number of aliphatic hydroxyl groups is 1. The minimum absolute atomic E-state index is 0.0300. The first kappa shape index (κ1) is 37.1. The van der Waals surface area contributed by atoms with Gasteiger partial charge in [0.15, 0.2) is 22.6 Å². The first-order chi connectivity index (χ1) is 21.2. The van der Waals surface area contributed by atoms with Crippen LogP contribution in [-0.2, 0) is 22.5 Å². The molecule has 4 atom stereocenters. The van der Waals surface area contributed by atoms with Crippen molar-refractivity contribution in [1.82, 2.24) is 19.5 Å². The Bertz CT molecular complexity index is 1490. The van der Waals surface area contributed by atoms with Gasteiger partial charge in [0.05, 0.1) is 12.9 Å². The van der Waals surface area contributed by atoms with Crippen LogP contribution in [0.3, 0.4) is 0 Å². The number of fused-ring (bicyclic) bond motifs is 2. The third kappa shape index (κ3) is 6.77. The molecule has 46 heavy (non-hydrogen) atoms. The maximum atomic E-state index is 12.9. The number of anilines is 1. The number of nitrogens with zero attached hydrogens (tertiary/aromatic N) is 4. The topological polar surface area (TPSA) is 130 Å². The standard InChI is InChI=1S/C31H52ClN5O6Si3/c1-18(2)28(38)36-30-34-26(32)24-27(35-30)37(17-33-24)29-31(39,14-15-44(11,12)13)25-23(41-29)16-40-45(19(3)4,20(5)6)43-46(42-25,21(7)8)22(9)10/h17-23,25,29,39H,16H2,1-13H3,(H,34,35,36,38)/t23-,25?,29-,31+/m1/s1. The van der Waals surface area contributed by atoms with Gasteiger partial charge in [-0.15, -0.1) is 5.54 Å². The zero-order valence-electron chi connectivity index (χ0n) is 29.6. The number of carbonyl (C=O) groups is 1. The predicted octanol–water partition coefficient (Wildman–Crippen LogP) is 6.54. The first-order valence-corrected chi connectivity index (χ1v) is 24.2. The Morgan fingerprint density at radius 3 is 2.15 bits per heavy atom. The highest BCUT2D eigenvalue weighted by molar-refractivity contribution is 6.84. The van der Waals surface area contributed by atoms with Crippen LogP contribution in [0, 0.1) is 17.4 Å². The van der Waals surface area contributed by atoms with Crippen LogP contribution in [0.15, 0.2) is 6.33 Å². The van der Waals surface area contributed by atoms with E-state index in [1.54, 1.807) is 18.4 Å². The number of ether oxygens (including phenoxy) is 1. The molecule has 1 amide bonds. The van der Waals surface area contributed by atoms with E-state index < -0.39 is 49.2 Å². The molecule has 0 saturated carbocycles. The minimum atomic E-state index is -3.12. The number of amides is 1. The van der Waals surface area contributed by atoms with Crippen LogP contribution in [0.5, 0.6) is 0 Å². The molecular weight excluding hydrogens is 658 g/mol. The Morgan fingerprint density at radius 2 is 1.63 bits per heavy atom. The van der Waals surface area contributed by atoms with Gasteiger partial charge in [0, 0.05) is 5.92 Å². The number of halogens is 1. The van der Waals surface area contributed by atoms with Gasteiger partial charge >= 0.3 is 17.1 Å². The molecule has 4 rings (SSSR count). The van der Waals surface area contributed by atoms with Crippen LogP contribution >= 0.6 is 11.6 Å². The molecule has 0 aromatic carbocycles. The van der Waals surface area contributed by atoms with Gasteiger partial charge in [-0.1, -0.05) is 106 Å². The van der Waals surface area contributed by atoms with Crippen molar-refractivity contribution in [3.05, 3.63) is 11.5 Å². The molecule has 2 saturated heterocycles. The molecule has 11 nitrogen and oxygen atoms in total. The summed E-state index contributed by atoms with van der Waals surface area (Å²) in [4.78, 5) is 25.8. The number of rotatable bonds is 7. The molecule has 2 aliphatic rings. The second-order valence-corrected chi connectivity index (χ2v) is 29.1. The first-order valence-electron chi connectivity index (χ1n) is 16.3. The highest BCUT2D eigenvalue weighted by atomic mass is 35.5. The van der Waals surface area contributed by atoms with E-state index in [1.807, 2.05) is 0 Å². The summed E-state index contributed by atoms with van der Waals surface area (Å²) in [5.41, 5.74) is 2.52. The summed E-state index contributed by atoms with van der Waals surface area (Å²) in [6.45, 7) is 27.3. The van der Waals surface area contributed by atoms with Crippen molar-refractivity contribution < 1.29 is 27.6 Å². The normalized spacial score (nSPS) is 26.4. The average Bonchev–Trinajstić information content (AvgIpc) is 3.45. The highest BCUT2D eigenvalue weighted by Crippen LogP contribution is 2.51. The third-order valence-corrected chi connectivity index (χ3v) is 20.2. The average molecular weight is 710 g/mol. The molecule has 2 aromatic rings. The largest absolute Gasteiger partial charge is 0.414 e. The summed E-state index contributed by atoms with van der Waals surface area (Å²) in [7, 11) is -7.98. The lowest BCUT2D eigenvalue weighted by molar-refractivity contribution is -0.118. The van der Waals surface area contributed by atoms with Gasteiger partial charge in [-0.05, 0) is 22.2 Å². The van der Waals surface area contributed by atoms with Crippen molar-refractivity contribution >= 4 is 59.8 Å². The van der Waals surface area contributed by atoms with E-state index in [1.165, 1.54) is 6.33 Å². The van der Waals surface area contributed by atoms with E-state index >= 15 is 0 Å². The SMILES string of the molecule is CC(C)C(=O)Nc1nc(Cl)c2ncn([C@@H]3O[C@@H]4CO[Si](C(C)C)(C(C)C)O[Si](C(C)C)(C(C)C)OC4[C@@]3(O)C#C[Si](C)(C)C)c2n1. The summed E-state index contributed by atoms with van der Waals surface area (Å²) in [6, 6.07) is 0. The van der Waals surface area contributed by atoms with E-state index in [0.717, 1.165) is 0 Å². The smallest absolute Gasteiger partial charge is 0.335 e. The second-order valence-electron chi connectivity index (χ2n) is 15.2. The van der Waals surface area contributed by atoms with Crippen molar-refractivity contribution in [2.24, 2.45) is 5.92 Å². The molecule has 2 fully saturated rings.